The number of hydrogen-bond acceptors (Lipinski definition) is 2. The molecule has 0 bridgehead atoms. The SMILES string of the molecule is C/C=C(\C=C/CC)Oc1cccc(N)c1. The van der Waals surface area contributed by atoms with Crippen LogP contribution in [0.4, 0.5) is 5.69 Å². The highest BCUT2D eigenvalue weighted by Gasteiger charge is 1.96. The summed E-state index contributed by atoms with van der Waals surface area (Å²) >= 11 is 0. The Morgan fingerprint density at radius 1 is 1.47 bits per heavy atom. The molecule has 0 heterocycles. The maximum atomic E-state index is 5.66. The van der Waals surface area contributed by atoms with Gasteiger partial charge in [-0.05, 0) is 37.6 Å². The summed E-state index contributed by atoms with van der Waals surface area (Å²) in [6, 6.07) is 7.41. The lowest BCUT2D eigenvalue weighted by molar-refractivity contribution is 0.443. The molecule has 0 aliphatic heterocycles. The molecule has 0 aliphatic carbocycles. The molecule has 1 aromatic carbocycles. The van der Waals surface area contributed by atoms with Crippen LogP contribution in [0.5, 0.6) is 5.75 Å². The minimum absolute atomic E-state index is 0.711. The summed E-state index contributed by atoms with van der Waals surface area (Å²) in [5.41, 5.74) is 6.37. The molecule has 2 N–H and O–H groups in total. The summed E-state index contributed by atoms with van der Waals surface area (Å²) in [5.74, 6) is 1.60. The van der Waals surface area contributed by atoms with Gasteiger partial charge in [0.05, 0.1) is 0 Å². The molecule has 0 spiro atoms. The first-order valence-electron chi connectivity index (χ1n) is 5.12. The van der Waals surface area contributed by atoms with Gasteiger partial charge in [0.15, 0.2) is 0 Å². The molecule has 0 atom stereocenters. The minimum Gasteiger partial charge on any atom is -0.458 e. The molecular formula is C13H17NO. The van der Waals surface area contributed by atoms with Crippen LogP contribution in [0.1, 0.15) is 20.3 Å². The van der Waals surface area contributed by atoms with Crippen molar-refractivity contribution in [3.63, 3.8) is 0 Å². The number of benzene rings is 1. The van der Waals surface area contributed by atoms with Crippen LogP contribution in [-0.2, 0) is 0 Å². The highest BCUT2D eigenvalue weighted by atomic mass is 16.5. The fourth-order valence-corrected chi connectivity index (χ4v) is 1.14. The topological polar surface area (TPSA) is 35.2 Å². The summed E-state index contributed by atoms with van der Waals surface area (Å²) in [7, 11) is 0. The van der Waals surface area contributed by atoms with Gasteiger partial charge in [-0.25, -0.2) is 0 Å². The Kier molecular flexibility index (Phi) is 4.48. The van der Waals surface area contributed by atoms with Crippen LogP contribution in [0.2, 0.25) is 0 Å². The number of hydrogen-bond donors (Lipinski definition) is 1. The highest BCUT2D eigenvalue weighted by molar-refractivity contribution is 5.44. The molecular weight excluding hydrogens is 186 g/mol. The Balaban J connectivity index is 2.72. The third kappa shape index (κ3) is 3.90. The number of anilines is 1. The normalized spacial score (nSPS) is 12.0. The van der Waals surface area contributed by atoms with Crippen molar-refractivity contribution in [3.8, 4) is 5.75 Å². The van der Waals surface area contributed by atoms with E-state index in [0.717, 1.165) is 17.9 Å². The van der Waals surface area contributed by atoms with E-state index in [4.69, 9.17) is 10.5 Å². The molecule has 0 amide bonds. The van der Waals surface area contributed by atoms with Crippen molar-refractivity contribution in [2.75, 3.05) is 5.73 Å². The fourth-order valence-electron chi connectivity index (χ4n) is 1.14. The smallest absolute Gasteiger partial charge is 0.129 e. The summed E-state index contributed by atoms with van der Waals surface area (Å²) in [5, 5.41) is 0. The van der Waals surface area contributed by atoms with Gasteiger partial charge in [-0.15, -0.1) is 0 Å². The zero-order valence-electron chi connectivity index (χ0n) is 9.23. The predicted octanol–water partition coefficient (Wildman–Crippen LogP) is 3.52. The van der Waals surface area contributed by atoms with Crippen LogP contribution in [-0.4, -0.2) is 0 Å². The standard InChI is InChI=1S/C13H17NO/c1-3-5-8-12(4-2)15-13-9-6-7-11(14)10-13/h4-10H,3,14H2,1-2H3/b8-5-,12-4+. The molecule has 0 unspecified atom stereocenters. The van der Waals surface area contributed by atoms with Gasteiger partial charge >= 0.3 is 0 Å². The van der Waals surface area contributed by atoms with Crippen molar-refractivity contribution >= 4 is 5.69 Å². The zero-order chi connectivity index (χ0) is 11.1. The predicted molar refractivity (Wildman–Crippen MR) is 64.7 cm³/mol. The van der Waals surface area contributed by atoms with Gasteiger partial charge in [-0.3, -0.25) is 0 Å². The number of nitrogens with two attached hydrogens (primary N) is 1. The first-order chi connectivity index (χ1) is 7.26. The molecule has 80 valence electrons. The Hall–Kier alpha value is -1.70. The van der Waals surface area contributed by atoms with Gasteiger partial charge in [-0.2, -0.15) is 0 Å². The molecule has 0 radical (unpaired) electrons. The van der Waals surface area contributed by atoms with Gasteiger partial charge in [0.2, 0.25) is 0 Å². The molecule has 1 rings (SSSR count). The molecule has 0 aromatic heterocycles. The third-order valence-corrected chi connectivity index (χ3v) is 1.90. The fraction of sp³-hybridized carbons (Fsp3) is 0.231. The lowest BCUT2D eigenvalue weighted by atomic mass is 10.3. The minimum atomic E-state index is 0.711. The molecule has 15 heavy (non-hydrogen) atoms. The first kappa shape index (κ1) is 11.4. The molecule has 1 aromatic rings. The van der Waals surface area contributed by atoms with Gasteiger partial charge < -0.3 is 10.5 Å². The van der Waals surface area contributed by atoms with Gasteiger partial charge in [0, 0.05) is 11.8 Å². The van der Waals surface area contributed by atoms with Crippen molar-refractivity contribution in [3.05, 3.63) is 48.3 Å². The van der Waals surface area contributed by atoms with Gasteiger partial charge in [0.1, 0.15) is 11.5 Å². The summed E-state index contributed by atoms with van der Waals surface area (Å²) < 4.78 is 5.64. The maximum Gasteiger partial charge on any atom is 0.129 e. The van der Waals surface area contributed by atoms with Crippen molar-refractivity contribution in [1.29, 1.82) is 0 Å². The van der Waals surface area contributed by atoms with E-state index in [1.54, 1.807) is 0 Å². The lowest BCUT2D eigenvalue weighted by Crippen LogP contribution is -1.93. The lowest BCUT2D eigenvalue weighted by Gasteiger charge is -2.06. The van der Waals surface area contributed by atoms with Crippen LogP contribution in [0.3, 0.4) is 0 Å². The maximum absolute atomic E-state index is 5.66. The number of rotatable bonds is 4. The average molecular weight is 203 g/mol. The number of ether oxygens (including phenoxy) is 1. The van der Waals surface area contributed by atoms with Crippen LogP contribution < -0.4 is 10.5 Å². The van der Waals surface area contributed by atoms with Gasteiger partial charge in [0.25, 0.3) is 0 Å². The quantitative estimate of drug-likeness (QED) is 0.461. The second-order valence-corrected chi connectivity index (χ2v) is 3.18. The Morgan fingerprint density at radius 3 is 2.87 bits per heavy atom. The van der Waals surface area contributed by atoms with E-state index >= 15 is 0 Å². The Morgan fingerprint density at radius 2 is 2.27 bits per heavy atom. The number of allylic oxidation sites excluding steroid dienone is 3. The van der Waals surface area contributed by atoms with Crippen LogP contribution in [0.15, 0.2) is 48.3 Å². The second-order valence-electron chi connectivity index (χ2n) is 3.18. The Labute approximate surface area is 91.1 Å². The van der Waals surface area contributed by atoms with E-state index in [2.05, 4.69) is 13.0 Å². The van der Waals surface area contributed by atoms with Crippen molar-refractivity contribution in [1.82, 2.24) is 0 Å². The molecule has 0 aliphatic rings. The van der Waals surface area contributed by atoms with Crippen molar-refractivity contribution in [2.24, 2.45) is 0 Å². The van der Waals surface area contributed by atoms with Gasteiger partial charge in [-0.1, -0.05) is 19.1 Å². The van der Waals surface area contributed by atoms with E-state index in [9.17, 15) is 0 Å². The highest BCUT2D eigenvalue weighted by Crippen LogP contribution is 2.17. The molecule has 0 saturated carbocycles. The van der Waals surface area contributed by atoms with E-state index in [1.807, 2.05) is 43.3 Å². The molecule has 0 saturated heterocycles. The Bertz CT molecular complexity index is 367. The largest absolute Gasteiger partial charge is 0.458 e. The molecule has 2 heteroatoms. The first-order valence-corrected chi connectivity index (χ1v) is 5.12. The summed E-state index contributed by atoms with van der Waals surface area (Å²) in [6.45, 7) is 4.03. The molecule has 2 nitrogen and oxygen atoms in total. The summed E-state index contributed by atoms with van der Waals surface area (Å²) in [6.07, 6.45) is 6.94. The molecule has 0 fully saturated rings. The zero-order valence-corrected chi connectivity index (χ0v) is 9.23. The van der Waals surface area contributed by atoms with E-state index in [-0.39, 0.29) is 0 Å². The van der Waals surface area contributed by atoms with E-state index in [0.29, 0.717) is 5.69 Å². The number of nitrogen functional groups attached to an aromatic ring is 1. The van der Waals surface area contributed by atoms with Crippen LogP contribution in [0.25, 0.3) is 0 Å². The van der Waals surface area contributed by atoms with E-state index in [1.165, 1.54) is 0 Å². The monoisotopic (exact) mass is 203 g/mol. The van der Waals surface area contributed by atoms with Crippen molar-refractivity contribution < 1.29 is 4.74 Å². The third-order valence-electron chi connectivity index (χ3n) is 1.90. The summed E-state index contributed by atoms with van der Waals surface area (Å²) in [4.78, 5) is 0. The average Bonchev–Trinajstić information content (AvgIpc) is 2.24. The van der Waals surface area contributed by atoms with Crippen molar-refractivity contribution in [2.45, 2.75) is 20.3 Å². The van der Waals surface area contributed by atoms with Crippen LogP contribution in [0, 0.1) is 0 Å². The van der Waals surface area contributed by atoms with E-state index < -0.39 is 0 Å². The second kappa shape index (κ2) is 5.91. The van der Waals surface area contributed by atoms with Crippen LogP contribution >= 0.6 is 0 Å².